The van der Waals surface area contributed by atoms with E-state index in [2.05, 4.69) is 31.5 Å². The first-order valence-electron chi connectivity index (χ1n) is 6.78. The van der Waals surface area contributed by atoms with Gasteiger partial charge < -0.3 is 10.6 Å². The molecule has 128 valence electrons. The van der Waals surface area contributed by atoms with E-state index in [9.17, 15) is 18.0 Å². The van der Waals surface area contributed by atoms with Gasteiger partial charge in [0.2, 0.25) is 0 Å². The Morgan fingerprint density at radius 2 is 1.88 bits per heavy atom. The van der Waals surface area contributed by atoms with E-state index in [0.717, 1.165) is 10.5 Å². The summed E-state index contributed by atoms with van der Waals surface area (Å²) in [6.07, 6.45) is -3.79. The molecule has 0 aliphatic carbocycles. The molecular formula is C15H12BrClF3N3O. The number of carbonyl (C=O) groups is 1. The van der Waals surface area contributed by atoms with Crippen LogP contribution < -0.4 is 10.6 Å². The summed E-state index contributed by atoms with van der Waals surface area (Å²) in [4.78, 5) is 15.5. The van der Waals surface area contributed by atoms with Gasteiger partial charge in [0, 0.05) is 29.3 Å². The highest BCUT2D eigenvalue weighted by molar-refractivity contribution is 9.10. The molecular weight excluding hydrogens is 411 g/mol. The molecule has 2 aromatic rings. The second kappa shape index (κ2) is 7.85. The van der Waals surface area contributed by atoms with Crippen molar-refractivity contribution >= 4 is 39.3 Å². The smallest absolute Gasteiger partial charge is 0.367 e. The van der Waals surface area contributed by atoms with E-state index < -0.39 is 11.7 Å². The average molecular weight is 423 g/mol. The Bertz CT molecular complexity index is 723. The van der Waals surface area contributed by atoms with Gasteiger partial charge >= 0.3 is 6.18 Å². The number of pyridine rings is 1. The van der Waals surface area contributed by atoms with Crippen LogP contribution in [0.25, 0.3) is 0 Å². The first-order chi connectivity index (χ1) is 11.3. The van der Waals surface area contributed by atoms with Crippen molar-refractivity contribution in [1.29, 1.82) is 0 Å². The number of rotatable bonds is 5. The molecule has 0 bridgehead atoms. The van der Waals surface area contributed by atoms with Crippen molar-refractivity contribution in [3.05, 3.63) is 57.2 Å². The van der Waals surface area contributed by atoms with E-state index in [-0.39, 0.29) is 29.8 Å². The van der Waals surface area contributed by atoms with Crippen LogP contribution in [0.3, 0.4) is 0 Å². The molecule has 2 N–H and O–H groups in total. The normalized spacial score (nSPS) is 11.2. The van der Waals surface area contributed by atoms with Crippen molar-refractivity contribution in [2.24, 2.45) is 0 Å². The molecule has 0 fully saturated rings. The van der Waals surface area contributed by atoms with Crippen LogP contribution in [0, 0.1) is 0 Å². The molecule has 0 aliphatic rings. The number of alkyl halides is 3. The predicted molar refractivity (Wildman–Crippen MR) is 89.2 cm³/mol. The standard InChI is InChI=1S/C15H12BrClF3N3O/c16-11-3-1-9(2-4-11)14(24)22-6-5-21-13-12(17)7-10(8-23-13)15(18,19)20/h1-4,7-8H,5-6H2,(H,21,23)(H,22,24). The van der Waals surface area contributed by atoms with E-state index in [0.29, 0.717) is 11.8 Å². The molecule has 9 heteroatoms. The minimum Gasteiger partial charge on any atom is -0.367 e. The number of halogens is 5. The largest absolute Gasteiger partial charge is 0.417 e. The van der Waals surface area contributed by atoms with E-state index in [4.69, 9.17) is 11.6 Å². The van der Waals surface area contributed by atoms with Crippen LogP contribution in [-0.4, -0.2) is 24.0 Å². The first kappa shape index (κ1) is 18.5. The van der Waals surface area contributed by atoms with Crippen LogP contribution >= 0.6 is 27.5 Å². The van der Waals surface area contributed by atoms with E-state index in [1.165, 1.54) is 0 Å². The van der Waals surface area contributed by atoms with Crippen LogP contribution in [0.15, 0.2) is 41.0 Å². The van der Waals surface area contributed by atoms with Crippen molar-refractivity contribution < 1.29 is 18.0 Å². The maximum absolute atomic E-state index is 12.5. The first-order valence-corrected chi connectivity index (χ1v) is 7.95. The summed E-state index contributed by atoms with van der Waals surface area (Å²) in [5.41, 5.74) is -0.412. The third-order valence-corrected chi connectivity index (χ3v) is 3.79. The van der Waals surface area contributed by atoms with Crippen molar-refractivity contribution in [2.75, 3.05) is 18.4 Å². The number of benzene rings is 1. The zero-order chi connectivity index (χ0) is 17.7. The van der Waals surface area contributed by atoms with Gasteiger partial charge in [0.1, 0.15) is 5.82 Å². The number of hydrogen-bond donors (Lipinski definition) is 2. The molecule has 4 nitrogen and oxygen atoms in total. The number of aromatic nitrogens is 1. The number of amides is 1. The fourth-order valence-electron chi connectivity index (χ4n) is 1.78. The van der Waals surface area contributed by atoms with Crippen molar-refractivity contribution in [2.45, 2.75) is 6.18 Å². The second-order valence-corrected chi connectivity index (χ2v) is 6.06. The van der Waals surface area contributed by atoms with Crippen molar-refractivity contribution in [1.82, 2.24) is 10.3 Å². The number of carbonyl (C=O) groups excluding carboxylic acids is 1. The molecule has 24 heavy (non-hydrogen) atoms. The van der Waals surface area contributed by atoms with E-state index in [1.807, 2.05) is 0 Å². The van der Waals surface area contributed by atoms with Gasteiger partial charge in [-0.05, 0) is 30.3 Å². The molecule has 0 saturated heterocycles. The van der Waals surface area contributed by atoms with Crippen molar-refractivity contribution in [3.63, 3.8) is 0 Å². The van der Waals surface area contributed by atoms with E-state index >= 15 is 0 Å². The van der Waals surface area contributed by atoms with Gasteiger partial charge in [-0.1, -0.05) is 27.5 Å². The number of anilines is 1. The lowest BCUT2D eigenvalue weighted by atomic mass is 10.2. The highest BCUT2D eigenvalue weighted by Crippen LogP contribution is 2.32. The van der Waals surface area contributed by atoms with Crippen LogP contribution in [0.5, 0.6) is 0 Å². The van der Waals surface area contributed by atoms with Crippen LogP contribution in [0.4, 0.5) is 19.0 Å². The summed E-state index contributed by atoms with van der Waals surface area (Å²) in [6.45, 7) is 0.522. The predicted octanol–water partition coefficient (Wildman–Crippen LogP) is 4.36. The quantitative estimate of drug-likeness (QED) is 0.704. The lowest BCUT2D eigenvalue weighted by Crippen LogP contribution is -2.28. The Hall–Kier alpha value is -1.80. The highest BCUT2D eigenvalue weighted by atomic mass is 79.9. The third-order valence-electron chi connectivity index (χ3n) is 2.98. The lowest BCUT2D eigenvalue weighted by molar-refractivity contribution is -0.137. The highest BCUT2D eigenvalue weighted by Gasteiger charge is 2.31. The van der Waals surface area contributed by atoms with Gasteiger partial charge in [-0.15, -0.1) is 0 Å². The molecule has 0 radical (unpaired) electrons. The zero-order valence-electron chi connectivity index (χ0n) is 12.1. The second-order valence-electron chi connectivity index (χ2n) is 4.74. The Kier molecular flexibility index (Phi) is 6.06. The van der Waals surface area contributed by atoms with Gasteiger partial charge in [-0.2, -0.15) is 13.2 Å². The molecule has 1 aromatic carbocycles. The molecule has 0 spiro atoms. The summed E-state index contributed by atoms with van der Waals surface area (Å²) in [5.74, 6) is -0.127. The van der Waals surface area contributed by atoms with Gasteiger partial charge in [0.15, 0.2) is 0 Å². The Balaban J connectivity index is 1.84. The summed E-state index contributed by atoms with van der Waals surface area (Å²) in [7, 11) is 0. The summed E-state index contributed by atoms with van der Waals surface area (Å²) >= 11 is 9.05. The fourth-order valence-corrected chi connectivity index (χ4v) is 2.28. The fraction of sp³-hybridized carbons (Fsp3) is 0.200. The Morgan fingerprint density at radius 3 is 2.46 bits per heavy atom. The summed E-state index contributed by atoms with van der Waals surface area (Å²) < 4.78 is 38.4. The maximum atomic E-state index is 12.5. The van der Waals surface area contributed by atoms with Gasteiger partial charge in [-0.25, -0.2) is 4.98 Å². The molecule has 1 aromatic heterocycles. The monoisotopic (exact) mass is 421 g/mol. The lowest BCUT2D eigenvalue weighted by Gasteiger charge is -2.11. The molecule has 0 saturated carbocycles. The number of hydrogen-bond acceptors (Lipinski definition) is 3. The SMILES string of the molecule is O=C(NCCNc1ncc(C(F)(F)F)cc1Cl)c1ccc(Br)cc1. The van der Waals surface area contributed by atoms with E-state index in [1.54, 1.807) is 24.3 Å². The zero-order valence-corrected chi connectivity index (χ0v) is 14.5. The third kappa shape index (κ3) is 5.10. The molecule has 0 unspecified atom stereocenters. The molecule has 1 heterocycles. The molecule has 2 rings (SSSR count). The van der Waals surface area contributed by atoms with Crippen LogP contribution in [0.1, 0.15) is 15.9 Å². The molecule has 0 atom stereocenters. The van der Waals surface area contributed by atoms with Crippen molar-refractivity contribution in [3.8, 4) is 0 Å². The number of nitrogens with one attached hydrogen (secondary N) is 2. The Morgan fingerprint density at radius 1 is 1.21 bits per heavy atom. The van der Waals surface area contributed by atoms with Crippen LogP contribution in [-0.2, 0) is 6.18 Å². The maximum Gasteiger partial charge on any atom is 0.417 e. The minimum absolute atomic E-state index is 0.127. The van der Waals surface area contributed by atoms with Crippen LogP contribution in [0.2, 0.25) is 5.02 Å². The Labute approximate surface area is 149 Å². The minimum atomic E-state index is -4.49. The average Bonchev–Trinajstić information content (AvgIpc) is 2.52. The van der Waals surface area contributed by atoms with Gasteiger partial charge in [0.25, 0.3) is 5.91 Å². The van der Waals surface area contributed by atoms with Gasteiger partial charge in [-0.3, -0.25) is 4.79 Å². The molecule has 1 amide bonds. The number of nitrogens with zero attached hydrogens (tertiary/aromatic N) is 1. The molecule has 0 aliphatic heterocycles. The summed E-state index contributed by atoms with van der Waals surface area (Å²) in [5, 5.41) is 5.32. The topological polar surface area (TPSA) is 54.0 Å². The summed E-state index contributed by atoms with van der Waals surface area (Å²) in [6, 6.07) is 7.64. The van der Waals surface area contributed by atoms with Gasteiger partial charge in [0.05, 0.1) is 10.6 Å².